The first-order valence-corrected chi connectivity index (χ1v) is 8.24. The van der Waals surface area contributed by atoms with Crippen molar-refractivity contribution in [1.29, 1.82) is 0 Å². The standard InChI is InChI=1S/C18H23NO2/c19-18(20)14-3-1-2-4-17(14)21-10-11-7-15-12-5-6-13(9-12)16(15)8-11/h1-4,11-13,15-16H,5-10H2,(H2,19,20)/t11?,12-,13+,15+,16-. The summed E-state index contributed by atoms with van der Waals surface area (Å²) < 4.78 is 5.94. The van der Waals surface area contributed by atoms with Gasteiger partial charge in [0.1, 0.15) is 5.75 Å². The van der Waals surface area contributed by atoms with E-state index in [-0.39, 0.29) is 0 Å². The minimum absolute atomic E-state index is 0.410. The third kappa shape index (κ3) is 2.23. The van der Waals surface area contributed by atoms with Crippen molar-refractivity contribution in [2.75, 3.05) is 6.61 Å². The van der Waals surface area contributed by atoms with E-state index >= 15 is 0 Å². The van der Waals surface area contributed by atoms with Crippen molar-refractivity contribution in [2.24, 2.45) is 35.3 Å². The number of carbonyl (C=O) groups is 1. The van der Waals surface area contributed by atoms with E-state index in [1.54, 1.807) is 6.07 Å². The smallest absolute Gasteiger partial charge is 0.252 e. The number of amides is 1. The summed E-state index contributed by atoms with van der Waals surface area (Å²) in [5, 5.41) is 0. The van der Waals surface area contributed by atoms with Gasteiger partial charge in [-0.25, -0.2) is 0 Å². The van der Waals surface area contributed by atoms with E-state index in [4.69, 9.17) is 10.5 Å². The van der Waals surface area contributed by atoms with Gasteiger partial charge in [0.25, 0.3) is 5.91 Å². The summed E-state index contributed by atoms with van der Waals surface area (Å²) in [6, 6.07) is 7.30. The molecule has 3 aliphatic carbocycles. The van der Waals surface area contributed by atoms with Gasteiger partial charge in [-0.3, -0.25) is 4.79 Å². The fourth-order valence-corrected chi connectivity index (χ4v) is 5.27. The highest BCUT2D eigenvalue weighted by atomic mass is 16.5. The zero-order valence-corrected chi connectivity index (χ0v) is 12.3. The first-order chi connectivity index (χ1) is 10.2. The lowest BCUT2D eigenvalue weighted by atomic mass is 9.82. The van der Waals surface area contributed by atoms with Gasteiger partial charge in [-0.05, 0) is 73.8 Å². The maximum atomic E-state index is 11.4. The summed E-state index contributed by atoms with van der Waals surface area (Å²) in [7, 11) is 0. The van der Waals surface area contributed by atoms with Crippen LogP contribution in [0.1, 0.15) is 42.5 Å². The van der Waals surface area contributed by atoms with Gasteiger partial charge in [-0.1, -0.05) is 12.1 Å². The molecule has 1 aromatic rings. The lowest BCUT2D eigenvalue weighted by Crippen LogP contribution is -2.16. The second-order valence-corrected chi connectivity index (χ2v) is 7.17. The van der Waals surface area contributed by atoms with Crippen LogP contribution in [0.5, 0.6) is 5.75 Å². The normalized spacial score (nSPS) is 36.7. The topological polar surface area (TPSA) is 52.3 Å². The van der Waals surface area contributed by atoms with Gasteiger partial charge in [-0.2, -0.15) is 0 Å². The Morgan fingerprint density at radius 1 is 1.10 bits per heavy atom. The number of rotatable bonds is 4. The van der Waals surface area contributed by atoms with Crippen LogP contribution in [0.3, 0.4) is 0 Å². The van der Waals surface area contributed by atoms with E-state index in [1.807, 2.05) is 18.2 Å². The molecule has 2 bridgehead atoms. The third-order valence-electron chi connectivity index (χ3n) is 6.11. The largest absolute Gasteiger partial charge is 0.492 e. The Balaban J connectivity index is 1.39. The van der Waals surface area contributed by atoms with Crippen LogP contribution in [-0.4, -0.2) is 12.5 Å². The summed E-state index contributed by atoms with van der Waals surface area (Å²) in [4.78, 5) is 11.4. The molecular formula is C18H23NO2. The van der Waals surface area contributed by atoms with Crippen molar-refractivity contribution >= 4 is 5.91 Å². The van der Waals surface area contributed by atoms with Gasteiger partial charge < -0.3 is 10.5 Å². The summed E-state index contributed by atoms with van der Waals surface area (Å²) in [6.07, 6.45) is 7.07. The number of hydrogen-bond acceptors (Lipinski definition) is 2. The highest BCUT2D eigenvalue weighted by Crippen LogP contribution is 2.60. The van der Waals surface area contributed by atoms with Crippen LogP contribution >= 0.6 is 0 Å². The molecular weight excluding hydrogens is 262 g/mol. The molecule has 0 radical (unpaired) electrons. The van der Waals surface area contributed by atoms with Crippen LogP contribution in [-0.2, 0) is 0 Å². The summed E-state index contributed by atoms with van der Waals surface area (Å²) >= 11 is 0. The van der Waals surface area contributed by atoms with Gasteiger partial charge >= 0.3 is 0 Å². The molecule has 2 N–H and O–H groups in total. The van der Waals surface area contributed by atoms with E-state index in [0.29, 0.717) is 17.2 Å². The number of fused-ring (bicyclic) bond motifs is 5. The molecule has 3 heteroatoms. The van der Waals surface area contributed by atoms with Crippen molar-refractivity contribution in [1.82, 2.24) is 0 Å². The third-order valence-corrected chi connectivity index (χ3v) is 6.11. The van der Waals surface area contributed by atoms with Crippen LogP contribution in [0.4, 0.5) is 0 Å². The zero-order valence-electron chi connectivity index (χ0n) is 12.3. The number of ether oxygens (including phenoxy) is 1. The van der Waals surface area contributed by atoms with Crippen LogP contribution < -0.4 is 10.5 Å². The molecule has 3 nitrogen and oxygen atoms in total. The van der Waals surface area contributed by atoms with Gasteiger partial charge in [0.2, 0.25) is 0 Å². The monoisotopic (exact) mass is 285 g/mol. The first kappa shape index (κ1) is 13.2. The van der Waals surface area contributed by atoms with Crippen molar-refractivity contribution in [3.8, 4) is 5.75 Å². The van der Waals surface area contributed by atoms with Crippen molar-refractivity contribution in [3.05, 3.63) is 29.8 Å². The van der Waals surface area contributed by atoms with Crippen LogP contribution in [0, 0.1) is 29.6 Å². The lowest BCUT2D eigenvalue weighted by Gasteiger charge is -2.23. The van der Waals surface area contributed by atoms with Gasteiger partial charge in [0, 0.05) is 0 Å². The molecule has 4 rings (SSSR count). The lowest BCUT2D eigenvalue weighted by molar-refractivity contribution is 0.0995. The summed E-state index contributed by atoms with van der Waals surface area (Å²) in [5.74, 6) is 4.82. The molecule has 3 saturated carbocycles. The second kappa shape index (κ2) is 5.04. The number of hydrogen-bond donors (Lipinski definition) is 1. The molecule has 1 amide bonds. The number of primary amides is 1. The quantitative estimate of drug-likeness (QED) is 0.923. The molecule has 21 heavy (non-hydrogen) atoms. The Morgan fingerprint density at radius 2 is 1.76 bits per heavy atom. The van der Waals surface area contributed by atoms with Crippen LogP contribution in [0.2, 0.25) is 0 Å². The molecule has 0 saturated heterocycles. The number of nitrogens with two attached hydrogens (primary N) is 1. The highest BCUT2D eigenvalue weighted by molar-refractivity contribution is 5.95. The number of benzene rings is 1. The molecule has 3 fully saturated rings. The maximum Gasteiger partial charge on any atom is 0.252 e. The minimum atomic E-state index is -0.410. The Bertz CT molecular complexity index is 538. The number of carbonyl (C=O) groups excluding carboxylic acids is 1. The molecule has 0 aliphatic heterocycles. The molecule has 1 unspecified atom stereocenters. The Morgan fingerprint density at radius 3 is 2.43 bits per heavy atom. The fourth-order valence-electron chi connectivity index (χ4n) is 5.27. The molecule has 112 valence electrons. The Hall–Kier alpha value is -1.51. The highest BCUT2D eigenvalue weighted by Gasteiger charge is 2.51. The maximum absolute atomic E-state index is 11.4. The van der Waals surface area contributed by atoms with E-state index < -0.39 is 5.91 Å². The van der Waals surface area contributed by atoms with E-state index in [0.717, 1.165) is 30.3 Å². The fraction of sp³-hybridized carbons (Fsp3) is 0.611. The summed E-state index contributed by atoms with van der Waals surface area (Å²) in [5.41, 5.74) is 5.89. The van der Waals surface area contributed by atoms with Gasteiger partial charge in [0.15, 0.2) is 0 Å². The van der Waals surface area contributed by atoms with E-state index in [2.05, 4.69) is 0 Å². The average Bonchev–Trinajstić information content (AvgIpc) is 3.17. The molecule has 1 aromatic carbocycles. The second-order valence-electron chi connectivity index (χ2n) is 7.17. The van der Waals surface area contributed by atoms with Crippen molar-refractivity contribution in [2.45, 2.75) is 32.1 Å². The predicted octanol–water partition coefficient (Wildman–Crippen LogP) is 3.24. The minimum Gasteiger partial charge on any atom is -0.492 e. The first-order valence-electron chi connectivity index (χ1n) is 8.24. The molecule has 0 spiro atoms. The Labute approximate surface area is 125 Å². The average molecular weight is 285 g/mol. The van der Waals surface area contributed by atoms with Gasteiger partial charge in [-0.15, -0.1) is 0 Å². The number of para-hydroxylation sites is 1. The van der Waals surface area contributed by atoms with Crippen LogP contribution in [0.25, 0.3) is 0 Å². The van der Waals surface area contributed by atoms with Crippen LogP contribution in [0.15, 0.2) is 24.3 Å². The van der Waals surface area contributed by atoms with Crippen molar-refractivity contribution < 1.29 is 9.53 Å². The molecule has 0 aromatic heterocycles. The summed E-state index contributed by atoms with van der Waals surface area (Å²) in [6.45, 7) is 0.733. The SMILES string of the molecule is NC(=O)c1ccccc1OCC1C[C@@H]2[C@H]3CC[C@H](C3)[C@@H]2C1. The van der Waals surface area contributed by atoms with Gasteiger partial charge in [0.05, 0.1) is 12.2 Å². The zero-order chi connectivity index (χ0) is 14.4. The van der Waals surface area contributed by atoms with Crippen molar-refractivity contribution in [3.63, 3.8) is 0 Å². The molecule has 5 atom stereocenters. The predicted molar refractivity (Wildman–Crippen MR) is 81.0 cm³/mol. The Kier molecular flexibility index (Phi) is 3.16. The van der Waals surface area contributed by atoms with E-state index in [9.17, 15) is 4.79 Å². The van der Waals surface area contributed by atoms with E-state index in [1.165, 1.54) is 32.1 Å². The molecule has 3 aliphatic rings. The molecule has 0 heterocycles.